The van der Waals surface area contributed by atoms with Gasteiger partial charge < -0.3 is 21.5 Å². The molecule has 0 aliphatic carbocycles. The highest BCUT2D eigenvalue weighted by atomic mass is 16.3. The number of unbranched alkanes of at least 4 members (excludes halogenated alkanes) is 1. The minimum atomic E-state index is 0.239. The number of hydrogen-bond donors (Lipinski definition) is 4. The Morgan fingerprint density at radius 3 is 2.55 bits per heavy atom. The molecular weight excluding hydrogens is 276 g/mol. The van der Waals surface area contributed by atoms with Crippen LogP contribution in [0.3, 0.4) is 0 Å². The van der Waals surface area contributed by atoms with E-state index in [9.17, 15) is 5.11 Å². The summed E-state index contributed by atoms with van der Waals surface area (Å²) in [5.74, 6) is 0.239. The van der Waals surface area contributed by atoms with E-state index < -0.39 is 0 Å². The molecule has 0 unspecified atom stereocenters. The quantitative estimate of drug-likeness (QED) is 0.503. The second-order valence-electron chi connectivity index (χ2n) is 5.43. The van der Waals surface area contributed by atoms with Gasteiger partial charge in [-0.3, -0.25) is 0 Å². The van der Waals surface area contributed by atoms with Gasteiger partial charge in [-0.2, -0.15) is 0 Å². The largest absolute Gasteiger partial charge is 0.506 e. The van der Waals surface area contributed by atoms with Crippen LogP contribution in [0.2, 0.25) is 0 Å². The zero-order valence-corrected chi connectivity index (χ0v) is 13.0. The highest BCUT2D eigenvalue weighted by Gasteiger charge is 2.02. The fourth-order valence-electron chi connectivity index (χ4n) is 2.34. The molecule has 5 nitrogen and oxygen atoms in total. The Kier molecular flexibility index (Phi) is 7.09. The predicted molar refractivity (Wildman–Crippen MR) is 90.9 cm³/mol. The Morgan fingerprint density at radius 2 is 1.73 bits per heavy atom. The van der Waals surface area contributed by atoms with Crippen molar-refractivity contribution in [3.63, 3.8) is 0 Å². The van der Waals surface area contributed by atoms with Crippen molar-refractivity contribution in [1.29, 1.82) is 0 Å². The summed E-state index contributed by atoms with van der Waals surface area (Å²) in [7, 11) is 0. The molecule has 0 spiro atoms. The van der Waals surface area contributed by atoms with Crippen LogP contribution >= 0.6 is 0 Å². The van der Waals surface area contributed by atoms with E-state index in [1.165, 1.54) is 0 Å². The van der Waals surface area contributed by atoms with Crippen molar-refractivity contribution in [3.05, 3.63) is 36.0 Å². The van der Waals surface area contributed by atoms with Crippen LogP contribution in [-0.2, 0) is 6.54 Å². The summed E-state index contributed by atoms with van der Waals surface area (Å²) < 4.78 is 0. The Morgan fingerprint density at radius 1 is 0.955 bits per heavy atom. The summed E-state index contributed by atoms with van der Waals surface area (Å²) in [6.45, 7) is 4.50. The lowest BCUT2D eigenvalue weighted by atomic mass is 10.2. The first-order chi connectivity index (χ1) is 10.8. The van der Waals surface area contributed by atoms with E-state index in [1.807, 2.05) is 24.3 Å². The minimum absolute atomic E-state index is 0.239. The molecule has 5 N–H and O–H groups in total. The number of rotatable bonds is 10. The van der Waals surface area contributed by atoms with Gasteiger partial charge in [0.25, 0.3) is 0 Å². The Hall–Kier alpha value is -1.69. The van der Waals surface area contributed by atoms with Gasteiger partial charge in [-0.25, -0.2) is 4.98 Å². The summed E-state index contributed by atoms with van der Waals surface area (Å²) in [6.07, 6.45) is 3.33. The molecule has 0 atom stereocenters. The first-order valence-corrected chi connectivity index (χ1v) is 8.00. The van der Waals surface area contributed by atoms with Crippen LogP contribution in [0.25, 0.3) is 10.9 Å². The van der Waals surface area contributed by atoms with Crippen molar-refractivity contribution in [2.45, 2.75) is 25.8 Å². The number of phenols is 1. The minimum Gasteiger partial charge on any atom is -0.506 e. The highest BCUT2D eigenvalue weighted by Crippen LogP contribution is 2.22. The lowest BCUT2D eigenvalue weighted by Crippen LogP contribution is -2.21. The van der Waals surface area contributed by atoms with Crippen LogP contribution in [-0.4, -0.2) is 36.3 Å². The number of fused-ring (bicyclic) bond motifs is 1. The van der Waals surface area contributed by atoms with Crippen molar-refractivity contribution < 1.29 is 5.11 Å². The number of hydrogen-bond acceptors (Lipinski definition) is 5. The van der Waals surface area contributed by atoms with E-state index in [4.69, 9.17) is 5.73 Å². The van der Waals surface area contributed by atoms with Gasteiger partial charge >= 0.3 is 0 Å². The fourth-order valence-corrected chi connectivity index (χ4v) is 2.34. The van der Waals surface area contributed by atoms with Crippen LogP contribution in [0.1, 0.15) is 25.0 Å². The second kappa shape index (κ2) is 9.35. The number of nitrogens with zero attached hydrogens (tertiary/aromatic N) is 1. The first-order valence-electron chi connectivity index (χ1n) is 8.00. The van der Waals surface area contributed by atoms with Gasteiger partial charge in [0, 0.05) is 11.9 Å². The number of para-hydroxylation sites is 1. The Labute approximate surface area is 131 Å². The van der Waals surface area contributed by atoms with Gasteiger partial charge in [-0.1, -0.05) is 18.2 Å². The maximum Gasteiger partial charge on any atom is 0.141 e. The zero-order chi connectivity index (χ0) is 15.6. The van der Waals surface area contributed by atoms with Crippen LogP contribution < -0.4 is 16.4 Å². The first kappa shape index (κ1) is 16.7. The summed E-state index contributed by atoms with van der Waals surface area (Å²) in [5.41, 5.74) is 7.06. The Balaban J connectivity index is 1.66. The van der Waals surface area contributed by atoms with Gasteiger partial charge in [0.05, 0.1) is 5.69 Å². The molecule has 0 radical (unpaired) electrons. The van der Waals surface area contributed by atoms with Crippen molar-refractivity contribution >= 4 is 10.9 Å². The number of aromatic hydroxyl groups is 1. The average molecular weight is 302 g/mol. The molecular formula is C17H26N4O. The summed E-state index contributed by atoms with van der Waals surface area (Å²) in [5, 5.41) is 17.6. The normalized spacial score (nSPS) is 11.1. The molecule has 0 saturated carbocycles. The maximum atomic E-state index is 9.83. The SMILES string of the molecule is NCCCNCCCCNCc1ccc2cccc(O)c2n1. The number of phenolic OH excluding ortho intramolecular Hbond substituents is 1. The van der Waals surface area contributed by atoms with E-state index in [0.29, 0.717) is 5.52 Å². The number of nitrogens with one attached hydrogen (secondary N) is 2. The number of nitrogens with two attached hydrogens (primary N) is 1. The Bertz CT molecular complexity index is 574. The van der Waals surface area contributed by atoms with Gasteiger partial charge in [0.2, 0.25) is 0 Å². The van der Waals surface area contributed by atoms with Gasteiger partial charge in [-0.05, 0) is 57.6 Å². The smallest absolute Gasteiger partial charge is 0.141 e. The lowest BCUT2D eigenvalue weighted by molar-refractivity contribution is 0.480. The number of pyridine rings is 1. The van der Waals surface area contributed by atoms with Crippen molar-refractivity contribution in [3.8, 4) is 5.75 Å². The second-order valence-corrected chi connectivity index (χ2v) is 5.43. The van der Waals surface area contributed by atoms with E-state index in [0.717, 1.165) is 63.1 Å². The van der Waals surface area contributed by atoms with Crippen LogP contribution in [0.5, 0.6) is 5.75 Å². The van der Waals surface area contributed by atoms with Crippen LogP contribution in [0.4, 0.5) is 0 Å². The van der Waals surface area contributed by atoms with Crippen LogP contribution in [0.15, 0.2) is 30.3 Å². The molecule has 5 heteroatoms. The molecule has 0 saturated heterocycles. The number of benzene rings is 1. The van der Waals surface area contributed by atoms with Gasteiger partial charge in [-0.15, -0.1) is 0 Å². The van der Waals surface area contributed by atoms with E-state index in [1.54, 1.807) is 6.07 Å². The third-order valence-corrected chi connectivity index (χ3v) is 3.58. The van der Waals surface area contributed by atoms with Crippen molar-refractivity contribution in [1.82, 2.24) is 15.6 Å². The molecule has 22 heavy (non-hydrogen) atoms. The van der Waals surface area contributed by atoms with Crippen molar-refractivity contribution in [2.75, 3.05) is 26.2 Å². The summed E-state index contributed by atoms with van der Waals surface area (Å²) in [4.78, 5) is 4.51. The summed E-state index contributed by atoms with van der Waals surface area (Å²) in [6, 6.07) is 9.46. The molecule has 1 heterocycles. The average Bonchev–Trinajstić information content (AvgIpc) is 2.54. The molecule has 0 fully saturated rings. The standard InChI is InChI=1S/C17H26N4O/c18-9-4-12-19-10-1-2-11-20-13-15-8-7-14-5-3-6-16(22)17(14)21-15/h3,5-8,19-20,22H,1-2,4,9-13,18H2. The van der Waals surface area contributed by atoms with Crippen molar-refractivity contribution in [2.24, 2.45) is 5.73 Å². The zero-order valence-electron chi connectivity index (χ0n) is 13.0. The molecule has 0 aliphatic rings. The summed E-state index contributed by atoms with van der Waals surface area (Å²) >= 11 is 0. The molecule has 1 aromatic heterocycles. The monoisotopic (exact) mass is 302 g/mol. The molecule has 0 aliphatic heterocycles. The van der Waals surface area contributed by atoms with Gasteiger partial charge in [0.15, 0.2) is 0 Å². The molecule has 2 aromatic rings. The molecule has 1 aromatic carbocycles. The third-order valence-electron chi connectivity index (χ3n) is 3.58. The lowest BCUT2D eigenvalue weighted by Gasteiger charge is -2.07. The van der Waals surface area contributed by atoms with E-state index in [2.05, 4.69) is 15.6 Å². The van der Waals surface area contributed by atoms with Crippen LogP contribution in [0, 0.1) is 0 Å². The molecule has 0 amide bonds. The van der Waals surface area contributed by atoms with Gasteiger partial charge in [0.1, 0.15) is 11.3 Å². The maximum absolute atomic E-state index is 9.83. The third kappa shape index (κ3) is 5.26. The fraction of sp³-hybridized carbons (Fsp3) is 0.471. The number of aromatic nitrogens is 1. The van der Waals surface area contributed by atoms with E-state index in [-0.39, 0.29) is 5.75 Å². The molecule has 120 valence electrons. The predicted octanol–water partition coefficient (Wildman–Crippen LogP) is 1.75. The highest BCUT2D eigenvalue weighted by molar-refractivity contribution is 5.84. The van der Waals surface area contributed by atoms with E-state index >= 15 is 0 Å². The topological polar surface area (TPSA) is 83.2 Å². The molecule has 0 bridgehead atoms. The molecule has 2 rings (SSSR count).